The summed E-state index contributed by atoms with van der Waals surface area (Å²) in [5.41, 5.74) is 11.5. The van der Waals surface area contributed by atoms with E-state index in [9.17, 15) is 0 Å². The van der Waals surface area contributed by atoms with Crippen LogP contribution in [0.1, 0.15) is 0 Å². The average Bonchev–Trinajstić information content (AvgIpc) is 1.50. The zero-order valence-corrected chi connectivity index (χ0v) is 5.62. The van der Waals surface area contributed by atoms with Crippen LogP contribution in [0.25, 0.3) is 11.5 Å². The van der Waals surface area contributed by atoms with Crippen LogP contribution in [0.2, 0.25) is 0 Å². The summed E-state index contributed by atoms with van der Waals surface area (Å²) in [5.74, 6) is 0. The van der Waals surface area contributed by atoms with Crippen molar-refractivity contribution in [2.45, 2.75) is 0 Å². The van der Waals surface area contributed by atoms with Crippen LogP contribution in [-0.4, -0.2) is 14.1 Å². The molecule has 0 aliphatic heterocycles. The quantitative estimate of drug-likeness (QED) is 0.588. The van der Waals surface area contributed by atoms with E-state index in [-0.39, 0.29) is 39.9 Å². The van der Waals surface area contributed by atoms with Crippen molar-refractivity contribution in [3.63, 3.8) is 0 Å². The van der Waals surface area contributed by atoms with E-state index in [0.29, 0.717) is 0 Å². The maximum atomic E-state index is 5.75. The molecule has 0 aromatic heterocycles. The summed E-state index contributed by atoms with van der Waals surface area (Å²) in [6.45, 7) is 0. The van der Waals surface area contributed by atoms with Gasteiger partial charge in [-0.05, 0) is 0 Å². The molecule has 0 rings (SSSR count). The second-order valence-corrected chi connectivity index (χ2v) is 0. The smallest absolute Gasteiger partial charge is 0.680 e. The first-order valence-corrected chi connectivity index (χ1v) is 1.00. The van der Waals surface area contributed by atoms with Crippen molar-refractivity contribution in [3.05, 3.63) is 11.5 Å². The van der Waals surface area contributed by atoms with Gasteiger partial charge in [0.05, 0.1) is 0 Å². The second-order valence-electron chi connectivity index (χ2n) is 0. The molecule has 0 unspecified atom stereocenters. The van der Waals surface area contributed by atoms with Crippen LogP contribution in [0.3, 0.4) is 0 Å². The SMILES string of the molecule is C[NH-].C[NH-].[Gd+2]. The molecule has 34 valence electrons. The molecule has 0 radical (unpaired) electrons. The standard InChI is InChI=1S/2CH4N.Gd/c2*1-2;/h2*2H,1H3;/q2*-1;+2. The van der Waals surface area contributed by atoms with Gasteiger partial charge in [0.15, 0.2) is 0 Å². The maximum Gasteiger partial charge on any atom is 2.00 e. The molecule has 0 aromatic carbocycles. The summed E-state index contributed by atoms with van der Waals surface area (Å²) >= 11 is 0. The van der Waals surface area contributed by atoms with Gasteiger partial charge in [0.1, 0.15) is 0 Å². The normalized spacial score (nSPS) is 2.40. The molecule has 3 heteroatoms. The summed E-state index contributed by atoms with van der Waals surface area (Å²) in [6.07, 6.45) is 0. The molecule has 0 fully saturated rings. The Labute approximate surface area is 65.0 Å². The van der Waals surface area contributed by atoms with Gasteiger partial charge in [-0.3, -0.25) is 0 Å². The van der Waals surface area contributed by atoms with Crippen LogP contribution in [0.4, 0.5) is 0 Å². The first kappa shape index (κ1) is 16.3. The van der Waals surface area contributed by atoms with E-state index in [1.165, 1.54) is 14.1 Å². The Bertz CT molecular complexity index is 7.61. The molecule has 2 nitrogen and oxygen atoms in total. The van der Waals surface area contributed by atoms with Crippen LogP contribution < -0.4 is 0 Å². The number of hydrogen-bond acceptors (Lipinski definition) is 0. The fourth-order valence-electron chi connectivity index (χ4n) is 0. The average molecular weight is 217 g/mol. The van der Waals surface area contributed by atoms with Crippen molar-refractivity contribution >= 4 is 0 Å². The van der Waals surface area contributed by atoms with Gasteiger partial charge in [0.2, 0.25) is 0 Å². The Morgan fingerprint density at radius 2 is 0.800 bits per heavy atom. The van der Waals surface area contributed by atoms with Gasteiger partial charge in [-0.15, -0.1) is 0 Å². The minimum absolute atomic E-state index is 0. The predicted molar refractivity (Wildman–Crippen MR) is 20.5 cm³/mol. The largest absolute Gasteiger partial charge is 2.00 e. The van der Waals surface area contributed by atoms with Crippen molar-refractivity contribution < 1.29 is 39.9 Å². The molecule has 0 amide bonds. The first-order valence-electron chi connectivity index (χ1n) is 1.00. The number of nitrogens with one attached hydrogen (secondary N) is 2. The second kappa shape index (κ2) is 61.0. The monoisotopic (exact) mass is 218 g/mol. The fraction of sp³-hybridized carbons (Fsp3) is 1.00. The molecule has 5 heavy (non-hydrogen) atoms. The van der Waals surface area contributed by atoms with Crippen LogP contribution in [0, 0.1) is 39.9 Å². The molecule has 0 saturated heterocycles. The van der Waals surface area contributed by atoms with Gasteiger partial charge >= 0.3 is 39.9 Å². The Morgan fingerprint density at radius 1 is 0.800 bits per heavy atom. The van der Waals surface area contributed by atoms with Gasteiger partial charge in [0, 0.05) is 0 Å². The third-order valence-electron chi connectivity index (χ3n) is 0. The molecule has 0 saturated carbocycles. The molecule has 0 aromatic rings. The van der Waals surface area contributed by atoms with Crippen molar-refractivity contribution in [1.82, 2.24) is 0 Å². The summed E-state index contributed by atoms with van der Waals surface area (Å²) < 4.78 is 0. The third-order valence-corrected chi connectivity index (χ3v) is 0. The van der Waals surface area contributed by atoms with Crippen molar-refractivity contribution in [3.8, 4) is 0 Å². The van der Waals surface area contributed by atoms with Crippen LogP contribution in [-0.2, 0) is 0 Å². The van der Waals surface area contributed by atoms with E-state index in [1.807, 2.05) is 0 Å². The third kappa shape index (κ3) is 35.6. The zero-order valence-electron chi connectivity index (χ0n) is 3.35. The van der Waals surface area contributed by atoms with Crippen LogP contribution in [0.15, 0.2) is 0 Å². The minimum Gasteiger partial charge on any atom is -0.680 e. The Morgan fingerprint density at radius 3 is 0.800 bits per heavy atom. The van der Waals surface area contributed by atoms with E-state index in [2.05, 4.69) is 0 Å². The predicted octanol–water partition coefficient (Wildman–Crippen LogP) is 1.34. The summed E-state index contributed by atoms with van der Waals surface area (Å²) in [6, 6.07) is 0. The maximum absolute atomic E-state index is 5.75. The fourth-order valence-corrected chi connectivity index (χ4v) is 0. The topological polar surface area (TPSA) is 47.6 Å². The molecule has 0 aliphatic rings. The van der Waals surface area contributed by atoms with Gasteiger partial charge in [-0.25, -0.2) is 0 Å². The van der Waals surface area contributed by atoms with Crippen molar-refractivity contribution in [2.24, 2.45) is 0 Å². The molecular weight excluding hydrogens is 209 g/mol. The summed E-state index contributed by atoms with van der Waals surface area (Å²) in [7, 11) is 2.50. The van der Waals surface area contributed by atoms with Gasteiger partial charge in [0.25, 0.3) is 0 Å². The molecule has 0 aliphatic carbocycles. The van der Waals surface area contributed by atoms with Gasteiger partial charge in [-0.2, -0.15) is 14.1 Å². The van der Waals surface area contributed by atoms with E-state index in [1.54, 1.807) is 0 Å². The number of hydrogen-bond donors (Lipinski definition) is 0. The first-order chi connectivity index (χ1) is 2.00. The van der Waals surface area contributed by atoms with E-state index >= 15 is 0 Å². The van der Waals surface area contributed by atoms with Crippen LogP contribution >= 0.6 is 0 Å². The Hall–Kier alpha value is 1.24. The van der Waals surface area contributed by atoms with E-state index in [4.69, 9.17) is 11.5 Å². The van der Waals surface area contributed by atoms with Crippen LogP contribution in [0.5, 0.6) is 0 Å². The zero-order chi connectivity index (χ0) is 4.00. The van der Waals surface area contributed by atoms with E-state index in [0.717, 1.165) is 0 Å². The van der Waals surface area contributed by atoms with Gasteiger partial charge < -0.3 is 11.5 Å². The van der Waals surface area contributed by atoms with Crippen molar-refractivity contribution in [2.75, 3.05) is 14.1 Å². The number of rotatable bonds is 0. The van der Waals surface area contributed by atoms with Crippen molar-refractivity contribution in [1.29, 1.82) is 0 Å². The summed E-state index contributed by atoms with van der Waals surface area (Å²) in [5, 5.41) is 0. The van der Waals surface area contributed by atoms with Gasteiger partial charge in [-0.1, -0.05) is 0 Å². The molecule has 0 bridgehead atoms. The molecule has 0 atom stereocenters. The molecular formula is C2H8GdN2. The Balaban J connectivity index is -0.0000000133. The molecule has 0 heterocycles. The van der Waals surface area contributed by atoms with E-state index < -0.39 is 0 Å². The molecule has 0 spiro atoms. The Kier molecular flexibility index (Phi) is 199. The minimum atomic E-state index is 0. The molecule has 2 N–H and O–H groups in total. The summed E-state index contributed by atoms with van der Waals surface area (Å²) in [4.78, 5) is 0.